The van der Waals surface area contributed by atoms with Gasteiger partial charge in [0, 0.05) is 30.6 Å². The molecule has 0 N–H and O–H groups in total. The number of rotatable bonds is 1. The van der Waals surface area contributed by atoms with Crippen LogP contribution in [0.25, 0.3) is 0 Å². The molecule has 1 aliphatic rings. The highest BCUT2D eigenvalue weighted by atomic mass is 32.2. The van der Waals surface area contributed by atoms with Crippen LogP contribution in [0.4, 0.5) is 0 Å². The molecule has 2 nitrogen and oxygen atoms in total. The fourth-order valence-corrected chi connectivity index (χ4v) is 2.64. The van der Waals surface area contributed by atoms with E-state index in [-0.39, 0.29) is 0 Å². The third-order valence-electron chi connectivity index (χ3n) is 2.23. The zero-order chi connectivity index (χ0) is 10.5. The Morgan fingerprint density at radius 2 is 1.62 bits per heavy atom. The summed E-state index contributed by atoms with van der Waals surface area (Å²) in [6, 6.07) is 0.588. The van der Waals surface area contributed by atoms with E-state index in [1.165, 1.54) is 0 Å². The highest BCUT2D eigenvalue weighted by molar-refractivity contribution is 8.00. The summed E-state index contributed by atoms with van der Waals surface area (Å²) in [5.41, 5.74) is 0. The van der Waals surface area contributed by atoms with Crippen molar-refractivity contribution in [3.8, 4) is 0 Å². The van der Waals surface area contributed by atoms with Crippen LogP contribution in [0.15, 0.2) is 0 Å². The molecule has 0 unspecified atom stereocenters. The zero-order valence-corrected chi connectivity index (χ0v) is 10.2. The molecule has 80 valence electrons. The fourth-order valence-electron chi connectivity index (χ4n) is 1.30. The molecule has 1 saturated heterocycles. The summed E-state index contributed by atoms with van der Waals surface area (Å²) in [4.78, 5) is 2.36. The topological polar surface area (TPSA) is 20.3 Å². The first-order valence-electron chi connectivity index (χ1n) is 5.08. The second kappa shape index (κ2) is 5.66. The average Bonchev–Trinajstić information content (AvgIpc) is 2.07. The highest BCUT2D eigenvalue weighted by Crippen LogP contribution is 2.06. The van der Waals surface area contributed by atoms with Crippen molar-refractivity contribution in [3.63, 3.8) is 0 Å². The van der Waals surface area contributed by atoms with Gasteiger partial charge in [0.1, 0.15) is 0 Å². The van der Waals surface area contributed by atoms with Crippen LogP contribution in [-0.4, -0.2) is 45.6 Å². The minimum absolute atomic E-state index is 0.588. The van der Waals surface area contributed by atoms with Crippen molar-refractivity contribution >= 4 is 15.4 Å². The Morgan fingerprint density at radius 1 is 1.23 bits per heavy atom. The molecule has 0 aromatic rings. The summed E-state index contributed by atoms with van der Waals surface area (Å²) in [7, 11) is -1.69. The van der Waals surface area contributed by atoms with Crippen molar-refractivity contribution in [2.75, 3.05) is 24.6 Å². The maximum atomic E-state index is 11.4. The Balaban J connectivity index is 0.000000671. The van der Waals surface area contributed by atoms with Crippen molar-refractivity contribution < 1.29 is 4.21 Å². The van der Waals surface area contributed by atoms with Gasteiger partial charge in [-0.25, -0.2) is 0 Å². The first-order chi connectivity index (χ1) is 6.01. The molecule has 13 heavy (non-hydrogen) atoms. The van der Waals surface area contributed by atoms with E-state index in [1.807, 2.05) is 13.8 Å². The first-order valence-corrected chi connectivity index (χ1v) is 7.14. The van der Waals surface area contributed by atoms with Crippen LogP contribution in [0.1, 0.15) is 27.7 Å². The molecule has 0 saturated carbocycles. The van der Waals surface area contributed by atoms with Crippen molar-refractivity contribution in [1.29, 1.82) is 0 Å². The van der Waals surface area contributed by atoms with E-state index in [2.05, 4.69) is 24.6 Å². The van der Waals surface area contributed by atoms with Crippen LogP contribution >= 0.6 is 0 Å². The highest BCUT2D eigenvalue weighted by Gasteiger charge is 2.18. The lowest BCUT2D eigenvalue weighted by Gasteiger charge is -2.31. The minimum atomic E-state index is -1.69. The van der Waals surface area contributed by atoms with E-state index in [1.54, 1.807) is 0 Å². The van der Waals surface area contributed by atoms with E-state index in [4.69, 9.17) is 0 Å². The zero-order valence-electron chi connectivity index (χ0n) is 9.38. The maximum absolute atomic E-state index is 11.4. The molecular weight excluding hydrogens is 182 g/mol. The molecule has 1 aliphatic heterocycles. The van der Waals surface area contributed by atoms with Gasteiger partial charge >= 0.3 is 0 Å². The van der Waals surface area contributed by atoms with Gasteiger partial charge in [-0.15, -0.1) is 0 Å². The Bertz CT molecular complexity index is 205. The van der Waals surface area contributed by atoms with E-state index in [0.29, 0.717) is 6.04 Å². The molecule has 1 fully saturated rings. The molecular formula is C10H23NOS. The Hall–Kier alpha value is -0.0200. The van der Waals surface area contributed by atoms with Gasteiger partial charge < -0.3 is 0 Å². The maximum Gasteiger partial charge on any atom is 0.0287 e. The fraction of sp³-hybridized carbons (Fsp3) is 0.900. The molecule has 0 aromatic heterocycles. The summed E-state index contributed by atoms with van der Waals surface area (Å²) in [5.74, 6) is 5.29. The summed E-state index contributed by atoms with van der Waals surface area (Å²) in [6.45, 7) is 10.3. The summed E-state index contributed by atoms with van der Waals surface area (Å²) < 4.78 is 11.4. The second-order valence-corrected chi connectivity index (χ2v) is 6.25. The predicted octanol–water partition coefficient (Wildman–Crippen LogP) is 1.45. The molecule has 1 rings (SSSR count). The third kappa shape index (κ3) is 4.67. The van der Waals surface area contributed by atoms with Crippen LogP contribution in [0.5, 0.6) is 0 Å². The van der Waals surface area contributed by atoms with Crippen molar-refractivity contribution in [3.05, 3.63) is 0 Å². The lowest BCUT2D eigenvalue weighted by atomic mass is 10.3. The number of hydrogen-bond donors (Lipinski definition) is 0. The third-order valence-corrected chi connectivity index (χ3v) is 4.08. The molecule has 0 radical (unpaired) electrons. The van der Waals surface area contributed by atoms with Crippen LogP contribution in [0.2, 0.25) is 0 Å². The summed E-state index contributed by atoms with van der Waals surface area (Å²) in [6.07, 6.45) is 0. The first kappa shape index (κ1) is 13.0. The summed E-state index contributed by atoms with van der Waals surface area (Å²) >= 11 is 0. The molecule has 0 aromatic carbocycles. The number of nitrogens with zero attached hydrogens (tertiary/aromatic N) is 1. The van der Waals surface area contributed by atoms with Gasteiger partial charge in [0.25, 0.3) is 0 Å². The monoisotopic (exact) mass is 205 g/mol. The lowest BCUT2D eigenvalue weighted by molar-refractivity contribution is 0.243. The predicted molar refractivity (Wildman–Crippen MR) is 63.1 cm³/mol. The largest absolute Gasteiger partial charge is 0.299 e. The van der Waals surface area contributed by atoms with Gasteiger partial charge in [-0.3, -0.25) is 9.11 Å². The van der Waals surface area contributed by atoms with Gasteiger partial charge in [-0.1, -0.05) is 13.8 Å². The molecule has 0 bridgehead atoms. The smallest absolute Gasteiger partial charge is 0.0287 e. The van der Waals surface area contributed by atoms with E-state index in [0.717, 1.165) is 24.6 Å². The normalized spacial score (nSPS) is 22.2. The van der Waals surface area contributed by atoms with E-state index >= 15 is 0 Å². The van der Waals surface area contributed by atoms with Crippen LogP contribution in [0, 0.1) is 0 Å². The Morgan fingerprint density at radius 3 is 1.92 bits per heavy atom. The second-order valence-electron chi connectivity index (χ2n) is 3.50. The standard InChI is InChI=1S/C8H17NOS.C2H6/c1-8(2)9-4-6-11(3,10)7-5-9;1-2/h8H,3-7H2,1-2H3;1-2H3. The van der Waals surface area contributed by atoms with Gasteiger partial charge in [-0.05, 0) is 29.2 Å². The van der Waals surface area contributed by atoms with Gasteiger partial charge in [-0.2, -0.15) is 0 Å². The minimum Gasteiger partial charge on any atom is -0.299 e. The van der Waals surface area contributed by atoms with Crippen LogP contribution in [-0.2, 0) is 9.52 Å². The van der Waals surface area contributed by atoms with Gasteiger partial charge in [0.05, 0.1) is 0 Å². The Labute approximate surface area is 83.3 Å². The molecule has 3 heteroatoms. The molecule has 1 heterocycles. The summed E-state index contributed by atoms with van der Waals surface area (Å²) in [5, 5.41) is 0. The number of hydrogen-bond acceptors (Lipinski definition) is 2. The molecule has 0 amide bonds. The van der Waals surface area contributed by atoms with Crippen LogP contribution < -0.4 is 0 Å². The van der Waals surface area contributed by atoms with E-state index < -0.39 is 9.52 Å². The van der Waals surface area contributed by atoms with E-state index in [9.17, 15) is 4.21 Å². The van der Waals surface area contributed by atoms with Crippen LogP contribution in [0.3, 0.4) is 0 Å². The van der Waals surface area contributed by atoms with Crippen molar-refractivity contribution in [2.45, 2.75) is 33.7 Å². The Kier molecular flexibility index (Phi) is 5.65. The van der Waals surface area contributed by atoms with Crippen molar-refractivity contribution in [1.82, 2.24) is 4.90 Å². The quantitative estimate of drug-likeness (QED) is 0.604. The average molecular weight is 205 g/mol. The SMILES string of the molecule is C=S1(=O)CCN(C(C)C)CC1.CC. The molecule has 0 atom stereocenters. The molecule has 0 spiro atoms. The lowest BCUT2D eigenvalue weighted by Crippen LogP contribution is -2.43. The molecule has 0 aliphatic carbocycles. The van der Waals surface area contributed by atoms with Gasteiger partial charge in [0.15, 0.2) is 0 Å². The van der Waals surface area contributed by atoms with Crippen molar-refractivity contribution in [2.24, 2.45) is 0 Å². The van der Waals surface area contributed by atoms with Gasteiger partial charge in [0.2, 0.25) is 0 Å².